The Morgan fingerprint density at radius 1 is 0.909 bits per heavy atom. The smallest absolute Gasteiger partial charge is 0.230 e. The van der Waals surface area contributed by atoms with Crippen LogP contribution in [0.3, 0.4) is 0 Å². The van der Waals surface area contributed by atoms with E-state index in [0.717, 1.165) is 12.2 Å². The number of rotatable bonds is 7. The van der Waals surface area contributed by atoms with Crippen LogP contribution < -0.4 is 5.32 Å². The number of nitrogens with one attached hydrogen (secondary N) is 1. The first-order valence-electron chi connectivity index (χ1n) is 7.59. The van der Waals surface area contributed by atoms with E-state index in [4.69, 9.17) is 0 Å². The molecule has 2 aromatic rings. The SMILES string of the molecule is Cc1ccc(CCNC(=O)CSCc2ccc(C)cc2)cc1. The third-order valence-corrected chi connectivity index (χ3v) is 4.48. The lowest BCUT2D eigenvalue weighted by molar-refractivity contribution is -0.118. The van der Waals surface area contributed by atoms with Gasteiger partial charge in [0.05, 0.1) is 5.75 Å². The summed E-state index contributed by atoms with van der Waals surface area (Å²) in [7, 11) is 0. The van der Waals surface area contributed by atoms with Crippen molar-refractivity contribution in [1.82, 2.24) is 5.32 Å². The summed E-state index contributed by atoms with van der Waals surface area (Å²) in [5.74, 6) is 1.51. The van der Waals surface area contributed by atoms with E-state index >= 15 is 0 Å². The predicted octanol–water partition coefficient (Wildman–Crippen LogP) is 3.90. The van der Waals surface area contributed by atoms with Gasteiger partial charge in [0.15, 0.2) is 0 Å². The first kappa shape index (κ1) is 16.6. The van der Waals surface area contributed by atoms with Crippen LogP contribution in [0.5, 0.6) is 0 Å². The van der Waals surface area contributed by atoms with Crippen LogP contribution in [0.1, 0.15) is 22.3 Å². The van der Waals surface area contributed by atoms with Gasteiger partial charge in [-0.3, -0.25) is 4.79 Å². The van der Waals surface area contributed by atoms with Crippen LogP contribution in [0.4, 0.5) is 0 Å². The zero-order valence-corrected chi connectivity index (χ0v) is 14.1. The molecule has 1 N–H and O–H groups in total. The highest BCUT2D eigenvalue weighted by atomic mass is 32.2. The Kier molecular flexibility index (Phi) is 6.53. The van der Waals surface area contributed by atoms with Gasteiger partial charge in [-0.25, -0.2) is 0 Å². The minimum atomic E-state index is 0.115. The Labute approximate surface area is 137 Å². The normalized spacial score (nSPS) is 10.5. The van der Waals surface area contributed by atoms with Gasteiger partial charge in [-0.15, -0.1) is 11.8 Å². The summed E-state index contributed by atoms with van der Waals surface area (Å²) >= 11 is 1.66. The van der Waals surface area contributed by atoms with Crippen LogP contribution in [-0.4, -0.2) is 18.2 Å². The molecule has 0 aliphatic heterocycles. The van der Waals surface area contributed by atoms with E-state index in [2.05, 4.69) is 67.7 Å². The summed E-state index contributed by atoms with van der Waals surface area (Å²) in [6.07, 6.45) is 0.884. The lowest BCUT2D eigenvalue weighted by Gasteiger charge is -2.06. The molecular weight excluding hydrogens is 290 g/mol. The summed E-state index contributed by atoms with van der Waals surface area (Å²) in [6.45, 7) is 4.86. The number of aryl methyl sites for hydroxylation is 2. The molecule has 0 aliphatic carbocycles. The number of carbonyl (C=O) groups excluding carboxylic acids is 1. The van der Waals surface area contributed by atoms with Crippen molar-refractivity contribution in [3.63, 3.8) is 0 Å². The molecule has 0 aromatic heterocycles. The van der Waals surface area contributed by atoms with Gasteiger partial charge in [-0.2, -0.15) is 0 Å². The fourth-order valence-electron chi connectivity index (χ4n) is 2.10. The molecule has 0 aliphatic rings. The molecule has 22 heavy (non-hydrogen) atoms. The summed E-state index contributed by atoms with van der Waals surface area (Å²) < 4.78 is 0. The molecule has 1 amide bonds. The minimum Gasteiger partial charge on any atom is -0.355 e. The molecule has 0 heterocycles. The number of amides is 1. The van der Waals surface area contributed by atoms with Crippen molar-refractivity contribution in [3.8, 4) is 0 Å². The molecule has 0 saturated carbocycles. The highest BCUT2D eigenvalue weighted by Crippen LogP contribution is 2.12. The second-order valence-corrected chi connectivity index (χ2v) is 6.55. The molecular formula is C19H23NOS. The molecule has 2 rings (SSSR count). The lowest BCUT2D eigenvalue weighted by atomic mass is 10.1. The van der Waals surface area contributed by atoms with Crippen molar-refractivity contribution in [3.05, 3.63) is 70.8 Å². The molecule has 3 heteroatoms. The van der Waals surface area contributed by atoms with Crippen LogP contribution in [0.2, 0.25) is 0 Å². The van der Waals surface area contributed by atoms with E-state index < -0.39 is 0 Å². The third-order valence-electron chi connectivity index (χ3n) is 3.48. The van der Waals surface area contributed by atoms with Crippen molar-refractivity contribution < 1.29 is 4.79 Å². The number of thioether (sulfide) groups is 1. The zero-order valence-electron chi connectivity index (χ0n) is 13.3. The Morgan fingerprint density at radius 2 is 1.45 bits per heavy atom. The molecule has 0 radical (unpaired) electrons. The van der Waals surface area contributed by atoms with Crippen molar-refractivity contribution >= 4 is 17.7 Å². The fraction of sp³-hybridized carbons (Fsp3) is 0.316. The van der Waals surface area contributed by atoms with Gasteiger partial charge in [0.2, 0.25) is 5.91 Å². The maximum Gasteiger partial charge on any atom is 0.230 e. The largest absolute Gasteiger partial charge is 0.355 e. The summed E-state index contributed by atoms with van der Waals surface area (Å²) in [5, 5.41) is 2.98. The molecule has 0 bridgehead atoms. The van der Waals surface area contributed by atoms with Gasteiger partial charge in [0.25, 0.3) is 0 Å². The van der Waals surface area contributed by atoms with Gasteiger partial charge in [-0.1, -0.05) is 59.7 Å². The fourth-order valence-corrected chi connectivity index (χ4v) is 2.92. The van der Waals surface area contributed by atoms with Crippen LogP contribution in [0.25, 0.3) is 0 Å². The van der Waals surface area contributed by atoms with Crippen LogP contribution >= 0.6 is 11.8 Å². The van der Waals surface area contributed by atoms with Gasteiger partial charge in [0, 0.05) is 12.3 Å². The second-order valence-electron chi connectivity index (χ2n) is 5.56. The topological polar surface area (TPSA) is 29.1 Å². The molecule has 0 saturated heterocycles. The Morgan fingerprint density at radius 3 is 2.05 bits per heavy atom. The molecule has 0 unspecified atom stereocenters. The Bertz CT molecular complexity index is 536. The van der Waals surface area contributed by atoms with E-state index in [1.807, 2.05) is 0 Å². The maximum absolute atomic E-state index is 11.8. The molecule has 0 atom stereocenters. The quantitative estimate of drug-likeness (QED) is 0.840. The summed E-state index contributed by atoms with van der Waals surface area (Å²) in [6, 6.07) is 16.9. The monoisotopic (exact) mass is 313 g/mol. The zero-order chi connectivity index (χ0) is 15.8. The molecule has 0 fully saturated rings. The van der Waals surface area contributed by atoms with Gasteiger partial charge in [0.1, 0.15) is 0 Å². The van der Waals surface area contributed by atoms with Gasteiger partial charge < -0.3 is 5.32 Å². The van der Waals surface area contributed by atoms with E-state index in [9.17, 15) is 4.79 Å². The third kappa shape index (κ3) is 5.94. The van der Waals surface area contributed by atoms with Crippen LogP contribution in [0, 0.1) is 13.8 Å². The summed E-state index contributed by atoms with van der Waals surface area (Å²) in [5.41, 5.74) is 5.06. The molecule has 2 aromatic carbocycles. The first-order valence-corrected chi connectivity index (χ1v) is 8.74. The predicted molar refractivity (Wildman–Crippen MR) is 95.2 cm³/mol. The second kappa shape index (κ2) is 8.64. The van der Waals surface area contributed by atoms with Crippen molar-refractivity contribution in [2.75, 3.05) is 12.3 Å². The number of benzene rings is 2. The van der Waals surface area contributed by atoms with Gasteiger partial charge >= 0.3 is 0 Å². The van der Waals surface area contributed by atoms with Gasteiger partial charge in [-0.05, 0) is 31.4 Å². The maximum atomic E-state index is 11.8. The van der Waals surface area contributed by atoms with E-state index in [-0.39, 0.29) is 5.91 Å². The highest BCUT2D eigenvalue weighted by molar-refractivity contribution is 7.99. The van der Waals surface area contributed by atoms with Crippen molar-refractivity contribution in [1.29, 1.82) is 0 Å². The highest BCUT2D eigenvalue weighted by Gasteiger charge is 2.02. The molecule has 2 nitrogen and oxygen atoms in total. The first-order chi connectivity index (χ1) is 10.6. The number of carbonyl (C=O) groups is 1. The number of hydrogen-bond acceptors (Lipinski definition) is 2. The Hall–Kier alpha value is -1.74. The van der Waals surface area contributed by atoms with Crippen molar-refractivity contribution in [2.24, 2.45) is 0 Å². The lowest BCUT2D eigenvalue weighted by Crippen LogP contribution is -2.27. The van der Waals surface area contributed by atoms with Crippen molar-refractivity contribution in [2.45, 2.75) is 26.0 Å². The van der Waals surface area contributed by atoms with E-state index in [1.165, 1.54) is 22.3 Å². The molecule has 0 spiro atoms. The Balaban J connectivity index is 1.61. The average molecular weight is 313 g/mol. The number of hydrogen-bond donors (Lipinski definition) is 1. The average Bonchev–Trinajstić information content (AvgIpc) is 2.51. The van der Waals surface area contributed by atoms with E-state index in [1.54, 1.807) is 11.8 Å². The summed E-state index contributed by atoms with van der Waals surface area (Å²) in [4.78, 5) is 11.8. The van der Waals surface area contributed by atoms with E-state index in [0.29, 0.717) is 12.3 Å². The van der Waals surface area contributed by atoms with Crippen LogP contribution in [0.15, 0.2) is 48.5 Å². The molecule has 116 valence electrons. The standard InChI is InChI=1S/C19H23NOS/c1-15-3-7-17(8-4-15)11-12-20-19(21)14-22-13-18-9-5-16(2)6-10-18/h3-10H,11-14H2,1-2H3,(H,20,21). The minimum absolute atomic E-state index is 0.115. The van der Waals surface area contributed by atoms with Crippen LogP contribution in [-0.2, 0) is 17.0 Å².